The zero-order valence-electron chi connectivity index (χ0n) is 10.1. The van der Waals surface area contributed by atoms with Crippen molar-refractivity contribution < 1.29 is 18.0 Å². The molecule has 0 bridgehead atoms. The van der Waals surface area contributed by atoms with Gasteiger partial charge in [-0.05, 0) is 18.6 Å². The van der Waals surface area contributed by atoms with E-state index in [4.69, 9.17) is 0 Å². The van der Waals surface area contributed by atoms with Crippen LogP contribution < -0.4 is 0 Å². The summed E-state index contributed by atoms with van der Waals surface area (Å²) in [7, 11) is 0. The van der Waals surface area contributed by atoms with E-state index >= 15 is 0 Å². The van der Waals surface area contributed by atoms with Crippen molar-refractivity contribution in [2.45, 2.75) is 25.4 Å². The summed E-state index contributed by atoms with van der Waals surface area (Å²) in [5.41, 5.74) is 0.933. The predicted octanol–water partition coefficient (Wildman–Crippen LogP) is 4.15. The minimum atomic E-state index is -4.21. The van der Waals surface area contributed by atoms with Gasteiger partial charge in [-0.1, -0.05) is 18.2 Å². The number of alkyl halides is 3. The van der Waals surface area contributed by atoms with Crippen LogP contribution in [0.1, 0.15) is 29.6 Å². The smallest absolute Gasteiger partial charge is 0.294 e. The maximum Gasteiger partial charge on any atom is 0.389 e. The first-order valence-corrected chi connectivity index (χ1v) is 5.91. The van der Waals surface area contributed by atoms with Gasteiger partial charge in [0.1, 0.15) is 0 Å². The van der Waals surface area contributed by atoms with Crippen LogP contribution in [0, 0.1) is 0 Å². The molecule has 0 radical (unpaired) electrons. The van der Waals surface area contributed by atoms with Crippen molar-refractivity contribution in [3.63, 3.8) is 0 Å². The zero-order chi connectivity index (χ0) is 13.9. The molecule has 100 valence electrons. The molecule has 0 spiro atoms. The van der Waals surface area contributed by atoms with E-state index in [9.17, 15) is 18.0 Å². The summed E-state index contributed by atoms with van der Waals surface area (Å²) in [5, 5.41) is 0.809. The van der Waals surface area contributed by atoms with Crippen molar-refractivity contribution in [2.24, 2.45) is 0 Å². The van der Waals surface area contributed by atoms with Crippen LogP contribution in [0.3, 0.4) is 0 Å². The highest BCUT2D eigenvalue weighted by molar-refractivity contribution is 6.06. The van der Waals surface area contributed by atoms with Gasteiger partial charge >= 0.3 is 6.18 Å². The van der Waals surface area contributed by atoms with Crippen LogP contribution in [-0.2, 0) is 0 Å². The lowest BCUT2D eigenvalue weighted by Gasteiger charge is -2.06. The van der Waals surface area contributed by atoms with Crippen LogP contribution in [0.15, 0.2) is 36.5 Å². The molecule has 0 unspecified atom stereocenters. The molecular weight excluding hydrogens is 255 g/mol. The van der Waals surface area contributed by atoms with Crippen molar-refractivity contribution in [1.29, 1.82) is 0 Å². The highest BCUT2D eigenvalue weighted by Gasteiger charge is 2.26. The first-order valence-electron chi connectivity index (χ1n) is 5.91. The van der Waals surface area contributed by atoms with Crippen LogP contribution in [0.5, 0.6) is 0 Å². The highest BCUT2D eigenvalue weighted by atomic mass is 19.4. The van der Waals surface area contributed by atoms with Gasteiger partial charge in [0.25, 0.3) is 0 Å². The quantitative estimate of drug-likeness (QED) is 0.779. The number of pyridine rings is 1. The fraction of sp³-hybridized carbons (Fsp3) is 0.286. The summed E-state index contributed by atoms with van der Waals surface area (Å²) in [6.45, 7) is 0. The van der Waals surface area contributed by atoms with Gasteiger partial charge in [0, 0.05) is 30.0 Å². The molecule has 0 N–H and O–H groups in total. The number of nitrogens with zero attached hydrogens (tertiary/aromatic N) is 1. The lowest BCUT2D eigenvalue weighted by atomic mass is 10.0. The van der Waals surface area contributed by atoms with Crippen molar-refractivity contribution in [3.8, 4) is 0 Å². The Morgan fingerprint density at radius 1 is 1.16 bits per heavy atom. The normalized spacial score (nSPS) is 11.7. The van der Waals surface area contributed by atoms with E-state index in [1.165, 1.54) is 0 Å². The number of ketones is 1. The Labute approximate surface area is 108 Å². The molecule has 2 aromatic rings. The van der Waals surface area contributed by atoms with E-state index in [1.54, 1.807) is 24.4 Å². The third-order valence-electron chi connectivity index (χ3n) is 2.80. The maximum absolute atomic E-state index is 12.0. The number of halogens is 3. The van der Waals surface area contributed by atoms with E-state index in [2.05, 4.69) is 4.98 Å². The van der Waals surface area contributed by atoms with Gasteiger partial charge in [-0.25, -0.2) is 0 Å². The second kappa shape index (κ2) is 5.38. The van der Waals surface area contributed by atoms with Crippen molar-refractivity contribution in [3.05, 3.63) is 42.1 Å². The average molecular weight is 267 g/mol. The van der Waals surface area contributed by atoms with Crippen molar-refractivity contribution in [1.82, 2.24) is 4.98 Å². The van der Waals surface area contributed by atoms with Crippen LogP contribution in [0.4, 0.5) is 13.2 Å². The summed E-state index contributed by atoms with van der Waals surface area (Å²) in [6, 6.07) is 8.69. The SMILES string of the molecule is O=C(CCCC(F)(F)F)c1cccc2cccnc12. The van der Waals surface area contributed by atoms with Gasteiger partial charge in [-0.15, -0.1) is 0 Å². The summed E-state index contributed by atoms with van der Waals surface area (Å²) >= 11 is 0. The van der Waals surface area contributed by atoms with Gasteiger partial charge in [0.05, 0.1) is 5.52 Å². The molecule has 0 aliphatic carbocycles. The molecule has 0 aliphatic rings. The standard InChI is InChI=1S/C14H12F3NO/c15-14(16,17)8-2-7-12(19)11-6-1-4-10-5-3-9-18-13(10)11/h1,3-6,9H,2,7-8H2. The number of hydrogen-bond acceptors (Lipinski definition) is 2. The molecule has 5 heteroatoms. The third kappa shape index (κ3) is 3.53. The van der Waals surface area contributed by atoms with E-state index in [0.717, 1.165) is 5.39 Å². The highest BCUT2D eigenvalue weighted by Crippen LogP contribution is 2.24. The van der Waals surface area contributed by atoms with E-state index in [1.807, 2.05) is 12.1 Å². The van der Waals surface area contributed by atoms with Gasteiger partial charge in [-0.3, -0.25) is 9.78 Å². The Hall–Kier alpha value is -1.91. The third-order valence-corrected chi connectivity index (χ3v) is 2.80. The van der Waals surface area contributed by atoms with Gasteiger partial charge in [0.2, 0.25) is 0 Å². The number of para-hydroxylation sites is 1. The van der Waals surface area contributed by atoms with Crippen LogP contribution in [0.25, 0.3) is 10.9 Å². The van der Waals surface area contributed by atoms with Gasteiger partial charge in [0.15, 0.2) is 5.78 Å². The van der Waals surface area contributed by atoms with Gasteiger partial charge in [-0.2, -0.15) is 13.2 Å². The number of aromatic nitrogens is 1. The Morgan fingerprint density at radius 3 is 2.63 bits per heavy atom. The Kier molecular flexibility index (Phi) is 3.83. The fourth-order valence-electron chi connectivity index (χ4n) is 1.91. The number of carbonyl (C=O) groups excluding carboxylic acids is 1. The molecule has 0 aliphatic heterocycles. The lowest BCUT2D eigenvalue weighted by Crippen LogP contribution is -2.09. The topological polar surface area (TPSA) is 30.0 Å². The average Bonchev–Trinajstić information content (AvgIpc) is 2.36. The largest absolute Gasteiger partial charge is 0.389 e. The molecular formula is C14H12F3NO. The molecule has 2 nitrogen and oxygen atoms in total. The number of rotatable bonds is 4. The molecule has 0 fully saturated rings. The summed E-state index contributed by atoms with van der Waals surface area (Å²) in [4.78, 5) is 16.1. The minimum Gasteiger partial charge on any atom is -0.294 e. The molecule has 0 saturated carbocycles. The second-order valence-corrected chi connectivity index (χ2v) is 4.27. The zero-order valence-corrected chi connectivity index (χ0v) is 10.1. The molecule has 2 rings (SSSR count). The Morgan fingerprint density at radius 2 is 1.89 bits per heavy atom. The Balaban J connectivity index is 2.14. The second-order valence-electron chi connectivity index (χ2n) is 4.27. The molecule has 1 aromatic heterocycles. The summed E-state index contributed by atoms with van der Waals surface area (Å²) in [5.74, 6) is -0.298. The fourth-order valence-corrected chi connectivity index (χ4v) is 1.91. The first-order chi connectivity index (χ1) is 8.97. The monoisotopic (exact) mass is 267 g/mol. The summed E-state index contributed by atoms with van der Waals surface area (Å²) in [6.07, 6.45) is -3.89. The summed E-state index contributed by atoms with van der Waals surface area (Å²) < 4.78 is 36.1. The van der Waals surface area contributed by atoms with Crippen molar-refractivity contribution in [2.75, 3.05) is 0 Å². The lowest BCUT2D eigenvalue weighted by molar-refractivity contribution is -0.135. The molecule has 0 amide bonds. The minimum absolute atomic E-state index is 0.116. The number of benzene rings is 1. The number of carbonyl (C=O) groups is 1. The number of hydrogen-bond donors (Lipinski definition) is 0. The van der Waals surface area contributed by atoms with E-state index < -0.39 is 12.6 Å². The molecule has 19 heavy (non-hydrogen) atoms. The molecule has 0 saturated heterocycles. The number of Topliss-reactive ketones (excluding diaryl/α,β-unsaturated/α-hetero) is 1. The molecule has 1 heterocycles. The first kappa shape index (κ1) is 13.5. The van der Waals surface area contributed by atoms with E-state index in [-0.39, 0.29) is 18.6 Å². The molecule has 0 atom stereocenters. The van der Waals surface area contributed by atoms with Gasteiger partial charge < -0.3 is 0 Å². The van der Waals surface area contributed by atoms with E-state index in [0.29, 0.717) is 11.1 Å². The van der Waals surface area contributed by atoms with Crippen LogP contribution in [-0.4, -0.2) is 16.9 Å². The van der Waals surface area contributed by atoms with Crippen LogP contribution >= 0.6 is 0 Å². The Bertz CT molecular complexity index is 587. The van der Waals surface area contributed by atoms with Crippen molar-refractivity contribution >= 4 is 16.7 Å². The van der Waals surface area contributed by atoms with Crippen LogP contribution in [0.2, 0.25) is 0 Å². The number of fused-ring (bicyclic) bond motifs is 1. The molecule has 1 aromatic carbocycles. The predicted molar refractivity (Wildman–Crippen MR) is 66.0 cm³/mol. The maximum atomic E-state index is 12.0.